The molecule has 0 saturated carbocycles. The van der Waals surface area contributed by atoms with Crippen molar-refractivity contribution in [3.63, 3.8) is 0 Å². The van der Waals surface area contributed by atoms with Crippen molar-refractivity contribution in [2.75, 3.05) is 42.7 Å². The van der Waals surface area contributed by atoms with E-state index in [1.54, 1.807) is 42.7 Å². The molecular weight excluding hydrogens is 655 g/mol. The molecule has 0 heterocycles. The van der Waals surface area contributed by atoms with Gasteiger partial charge in [-0.25, -0.2) is 0 Å². The number of benzene rings is 4. The molecule has 0 aliphatic carbocycles. The molecule has 0 aliphatic rings. The number of hydrogen-bond donors (Lipinski definition) is 0. The van der Waals surface area contributed by atoms with Crippen molar-refractivity contribution in [1.82, 2.24) is 0 Å². The summed E-state index contributed by atoms with van der Waals surface area (Å²) in [6, 6.07) is 28.0. The average Bonchev–Trinajstić information content (AvgIpc) is 2.95. The van der Waals surface area contributed by atoms with Crippen LogP contribution in [0.5, 0.6) is 0 Å². The van der Waals surface area contributed by atoms with Gasteiger partial charge in [-0.05, 0) is 21.5 Å². The minimum absolute atomic E-state index is 0. The standard InChI is InChI=1S/2C13H16NO3Si.2ClH.Zr/c2*1-15-18(16-2,17-3)14-13-10-6-8-11-7-4-5-9-12(11)13;;;/h2*4-10H,1-3H3;2*1H;/q2*-1;;;+4/p-2. The minimum Gasteiger partial charge on any atom is -1.00 e. The Balaban J connectivity index is 0.000000688. The molecule has 8 nitrogen and oxygen atoms in total. The second kappa shape index (κ2) is 18.2. The van der Waals surface area contributed by atoms with Gasteiger partial charge in [0.1, 0.15) is 0 Å². The van der Waals surface area contributed by atoms with E-state index >= 15 is 0 Å². The molecular formula is C26H32Cl2N2O6Si2Zr. The zero-order valence-corrected chi connectivity index (χ0v) is 28.7. The quantitative estimate of drug-likeness (QED) is 0.226. The van der Waals surface area contributed by atoms with E-state index in [2.05, 4.69) is 9.96 Å². The monoisotopic (exact) mass is 684 g/mol. The third-order valence-corrected chi connectivity index (χ3v) is 9.72. The molecule has 0 aliphatic heterocycles. The molecule has 0 aromatic heterocycles. The van der Waals surface area contributed by atoms with Gasteiger partial charge in [0.25, 0.3) is 0 Å². The van der Waals surface area contributed by atoms with Crippen LogP contribution < -0.4 is 24.8 Å². The normalized spacial score (nSPS) is 10.8. The summed E-state index contributed by atoms with van der Waals surface area (Å²) in [6.45, 7) is 0. The fourth-order valence-electron chi connectivity index (χ4n) is 3.68. The third-order valence-electron chi connectivity index (χ3n) is 5.60. The molecule has 4 aromatic rings. The third kappa shape index (κ3) is 9.34. The Hall–Kier alpha value is -1.34. The van der Waals surface area contributed by atoms with Gasteiger partial charge in [-0.1, -0.05) is 84.9 Å². The van der Waals surface area contributed by atoms with Crippen molar-refractivity contribution >= 4 is 50.9 Å². The Morgan fingerprint density at radius 3 is 1.03 bits per heavy atom. The van der Waals surface area contributed by atoms with Crippen LogP contribution >= 0.6 is 0 Å². The first-order valence-corrected chi connectivity index (χ1v) is 14.6. The van der Waals surface area contributed by atoms with Gasteiger partial charge in [-0.3, -0.25) is 0 Å². The van der Waals surface area contributed by atoms with Gasteiger partial charge in [0.15, 0.2) is 0 Å². The molecule has 0 atom stereocenters. The van der Waals surface area contributed by atoms with Gasteiger partial charge >= 0.3 is 44.1 Å². The second-order valence-corrected chi connectivity index (χ2v) is 12.5. The van der Waals surface area contributed by atoms with Crippen molar-refractivity contribution in [2.24, 2.45) is 0 Å². The predicted molar refractivity (Wildman–Crippen MR) is 147 cm³/mol. The first kappa shape index (κ1) is 37.7. The number of fused-ring (bicyclic) bond motifs is 2. The molecule has 0 saturated heterocycles. The molecule has 208 valence electrons. The number of nitrogens with zero attached hydrogens (tertiary/aromatic N) is 2. The van der Waals surface area contributed by atoms with Crippen LogP contribution in [0, 0.1) is 0 Å². The first-order chi connectivity index (χ1) is 17.5. The molecule has 4 rings (SSSR count). The van der Waals surface area contributed by atoms with Crippen LogP contribution in [-0.4, -0.2) is 60.6 Å². The fourth-order valence-corrected chi connectivity index (χ4v) is 6.21. The number of rotatable bonds is 10. The maximum Gasteiger partial charge on any atom is 4.00 e. The van der Waals surface area contributed by atoms with E-state index in [1.807, 2.05) is 84.9 Å². The van der Waals surface area contributed by atoms with Crippen LogP contribution in [0.25, 0.3) is 31.5 Å². The Kier molecular flexibility index (Phi) is 17.5. The Morgan fingerprint density at radius 1 is 0.436 bits per heavy atom. The van der Waals surface area contributed by atoms with E-state index in [0.717, 1.165) is 32.9 Å². The molecule has 0 spiro atoms. The number of halogens is 2. The molecule has 0 amide bonds. The molecule has 13 heteroatoms. The summed E-state index contributed by atoms with van der Waals surface area (Å²) in [5.41, 5.74) is 1.65. The summed E-state index contributed by atoms with van der Waals surface area (Å²) in [4.78, 5) is 9.09. The van der Waals surface area contributed by atoms with E-state index in [1.165, 1.54) is 0 Å². The Bertz CT molecular complexity index is 1140. The molecule has 4 aromatic carbocycles. The predicted octanol–water partition coefficient (Wildman–Crippen LogP) is 0.445. The van der Waals surface area contributed by atoms with Gasteiger partial charge in [-0.15, -0.1) is 11.4 Å². The van der Waals surface area contributed by atoms with Crippen LogP contribution in [0.4, 0.5) is 11.4 Å². The average molecular weight is 687 g/mol. The molecule has 0 N–H and O–H groups in total. The zero-order chi connectivity index (χ0) is 26.0. The summed E-state index contributed by atoms with van der Waals surface area (Å²) in [6.07, 6.45) is 0. The summed E-state index contributed by atoms with van der Waals surface area (Å²) >= 11 is 0. The van der Waals surface area contributed by atoms with E-state index in [4.69, 9.17) is 26.6 Å². The van der Waals surface area contributed by atoms with Crippen LogP contribution in [-0.2, 0) is 52.8 Å². The fraction of sp³-hybridized carbons (Fsp3) is 0.231. The molecule has 0 radical (unpaired) electrons. The minimum atomic E-state index is -2.95. The summed E-state index contributed by atoms with van der Waals surface area (Å²) in [5.74, 6) is 0. The smallest absolute Gasteiger partial charge is 1.00 e. The molecule has 0 bridgehead atoms. The van der Waals surface area contributed by atoms with Gasteiger partial charge in [-0.2, -0.15) is 0 Å². The first-order valence-electron chi connectivity index (χ1n) is 11.2. The topological polar surface area (TPSA) is 83.6 Å². The van der Waals surface area contributed by atoms with Gasteiger partial charge < -0.3 is 61.3 Å². The van der Waals surface area contributed by atoms with E-state index < -0.39 is 17.9 Å². The van der Waals surface area contributed by atoms with Gasteiger partial charge in [0, 0.05) is 42.7 Å². The van der Waals surface area contributed by atoms with Crippen molar-refractivity contribution in [2.45, 2.75) is 0 Å². The molecule has 0 fully saturated rings. The van der Waals surface area contributed by atoms with Crippen LogP contribution in [0.3, 0.4) is 0 Å². The Morgan fingerprint density at radius 2 is 0.718 bits per heavy atom. The van der Waals surface area contributed by atoms with Crippen LogP contribution in [0.1, 0.15) is 0 Å². The van der Waals surface area contributed by atoms with E-state index in [9.17, 15) is 0 Å². The van der Waals surface area contributed by atoms with Crippen LogP contribution in [0.2, 0.25) is 0 Å². The Labute approximate surface area is 264 Å². The van der Waals surface area contributed by atoms with E-state index in [0.29, 0.717) is 0 Å². The van der Waals surface area contributed by atoms with Crippen molar-refractivity contribution < 1.29 is 77.6 Å². The van der Waals surface area contributed by atoms with Gasteiger partial charge in [0.2, 0.25) is 0 Å². The summed E-state index contributed by atoms with van der Waals surface area (Å²) in [7, 11) is 3.40. The summed E-state index contributed by atoms with van der Waals surface area (Å²) in [5, 5.41) is 4.38. The second-order valence-electron chi connectivity index (χ2n) is 7.49. The SMILES string of the molecule is CO[Si]([N-]c1cccc2ccccc12)(OC)OC.CO[Si]([N-]c1cccc2ccccc12)(OC)OC.[Cl-].[Cl-].[Zr+4]. The maximum absolute atomic E-state index is 5.32. The maximum atomic E-state index is 5.32. The number of hydrogen-bond acceptors (Lipinski definition) is 6. The van der Waals surface area contributed by atoms with Crippen molar-refractivity contribution in [1.29, 1.82) is 0 Å². The van der Waals surface area contributed by atoms with Crippen molar-refractivity contribution in [3.8, 4) is 0 Å². The zero-order valence-electron chi connectivity index (χ0n) is 22.7. The van der Waals surface area contributed by atoms with Crippen LogP contribution in [0.15, 0.2) is 84.9 Å². The van der Waals surface area contributed by atoms with Crippen molar-refractivity contribution in [3.05, 3.63) is 94.9 Å². The molecule has 39 heavy (non-hydrogen) atoms. The van der Waals surface area contributed by atoms with E-state index in [-0.39, 0.29) is 51.0 Å². The molecule has 0 unspecified atom stereocenters. The van der Waals surface area contributed by atoms with Gasteiger partial charge in [0.05, 0.1) is 0 Å². The summed E-state index contributed by atoms with van der Waals surface area (Å²) < 4.78 is 31.9. The largest absolute Gasteiger partial charge is 4.00 e.